The third-order valence-electron chi connectivity index (χ3n) is 15.9. The predicted molar refractivity (Wildman–Crippen MR) is 395 cm³/mol. The number of carbonyl (C=O) groups is 5. The van der Waals surface area contributed by atoms with Crippen molar-refractivity contribution in [3.8, 4) is 0 Å². The Morgan fingerprint density at radius 1 is 0.400 bits per heavy atom. The molecule has 0 aliphatic heterocycles. The molecular weight excluding hydrogens is 1330 g/mol. The molecule has 4 unspecified atom stereocenters. The molecule has 0 fully saturated rings. The molecule has 0 spiro atoms. The van der Waals surface area contributed by atoms with Crippen LogP contribution < -0.4 is 5.73 Å². The van der Waals surface area contributed by atoms with Crippen molar-refractivity contribution in [3.05, 3.63) is 108 Å². The highest BCUT2D eigenvalue weighted by atomic mass is 79.9. The summed E-state index contributed by atoms with van der Waals surface area (Å²) in [5, 5.41) is 19.0. The second-order valence-corrected chi connectivity index (χ2v) is 36.9. The van der Waals surface area contributed by atoms with Gasteiger partial charge in [0, 0.05) is 101 Å². The van der Waals surface area contributed by atoms with E-state index in [-0.39, 0.29) is 74.2 Å². The van der Waals surface area contributed by atoms with Crippen LogP contribution in [-0.2, 0) is 71.7 Å². The van der Waals surface area contributed by atoms with Crippen LogP contribution in [0.3, 0.4) is 0 Å². The minimum absolute atomic E-state index is 0.0317. The maximum atomic E-state index is 12.8. The highest BCUT2D eigenvalue weighted by Gasteiger charge is 2.25. The zero-order valence-electron chi connectivity index (χ0n) is 60.7. The van der Waals surface area contributed by atoms with Gasteiger partial charge in [0.05, 0.1) is 66.1 Å². The van der Waals surface area contributed by atoms with Crippen LogP contribution in [0.1, 0.15) is 118 Å². The molecule has 0 aliphatic carbocycles. The molecule has 0 aromatic heterocycles. The Kier molecular flexibility index (Phi) is 48.9. The first-order chi connectivity index (χ1) is 44.6. The van der Waals surface area contributed by atoms with E-state index in [1.54, 1.807) is 26.7 Å². The topological polar surface area (TPSA) is 253 Å². The summed E-state index contributed by atoms with van der Waals surface area (Å²) in [6.45, 7) is 42.7. The minimum atomic E-state index is -2.29. The smallest absolute Gasteiger partial charge is 0.307 e. The van der Waals surface area contributed by atoms with Crippen LogP contribution in [0, 0.1) is 0 Å². The molecule has 0 saturated carbocycles. The van der Waals surface area contributed by atoms with E-state index in [4.69, 9.17) is 30.2 Å². The Bertz CT molecular complexity index is 2590. The Morgan fingerprint density at radius 3 is 0.811 bits per heavy atom. The molecular formula is C70H124BrN8O13P3. The fraction of sp³-hybridized carbons (Fsp3) is 0.671. The van der Waals surface area contributed by atoms with Gasteiger partial charge in [0.2, 0.25) is 0 Å². The van der Waals surface area contributed by atoms with E-state index in [1.165, 1.54) is 0 Å². The van der Waals surface area contributed by atoms with E-state index in [0.717, 1.165) is 87.5 Å². The third kappa shape index (κ3) is 47.5. The van der Waals surface area contributed by atoms with Gasteiger partial charge in [-0.25, -0.2) is 0 Å². The first kappa shape index (κ1) is 90.9. The minimum Gasteiger partial charge on any atom is -0.481 e. The molecule has 95 heavy (non-hydrogen) atoms. The number of benzene rings is 3. The van der Waals surface area contributed by atoms with Gasteiger partial charge in [-0.2, -0.15) is 0 Å². The largest absolute Gasteiger partial charge is 0.481 e. The number of carboxylic acid groups (broad SMARTS) is 2. The van der Waals surface area contributed by atoms with Crippen molar-refractivity contribution >= 4 is 67.2 Å². The SMILES string of the molecule is CCN(CCBr)[C@H](C)CC(=O)OCc1ccccc1.CCN(CCN(CCN(CC)C(C)CC(=O)O)CP(C)(C)=O)C(C)CC(=O)O.CCN(CCN(CCN(CC)C(C)CC(=O)OCc1ccccc1)CP(C)(C)=O)C(C)CC(=O)OCc1ccccc1.CP(C)(=O)CN. The van der Waals surface area contributed by atoms with E-state index in [9.17, 15) is 37.7 Å². The second-order valence-electron chi connectivity index (χ2n) is 25.7. The quantitative estimate of drug-likeness (QED) is 0.0206. The molecule has 544 valence electrons. The molecule has 25 heteroatoms. The molecule has 0 saturated heterocycles. The van der Waals surface area contributed by atoms with Crippen molar-refractivity contribution < 1.29 is 62.1 Å². The van der Waals surface area contributed by atoms with Crippen molar-refractivity contribution in [1.82, 2.24) is 34.3 Å². The third-order valence-corrected chi connectivity index (χ3v) is 19.3. The Morgan fingerprint density at radius 2 is 0.621 bits per heavy atom. The van der Waals surface area contributed by atoms with Crippen LogP contribution in [0.15, 0.2) is 91.0 Å². The second kappa shape index (κ2) is 51.1. The molecule has 3 rings (SSSR count). The number of esters is 3. The zero-order chi connectivity index (χ0) is 72.2. The van der Waals surface area contributed by atoms with E-state index in [1.807, 2.05) is 132 Å². The summed E-state index contributed by atoms with van der Waals surface area (Å²) in [4.78, 5) is 74.2. The number of likely N-dealkylation sites (N-methyl/N-ethyl adjacent to an activating group) is 4. The summed E-state index contributed by atoms with van der Waals surface area (Å²) in [5.74, 6) is -2.16. The summed E-state index contributed by atoms with van der Waals surface area (Å²) in [6.07, 6.45) is 2.64. The van der Waals surface area contributed by atoms with Gasteiger partial charge in [-0.1, -0.05) is 142 Å². The lowest BCUT2D eigenvalue weighted by Gasteiger charge is -2.33. The maximum absolute atomic E-state index is 12.8. The highest BCUT2D eigenvalue weighted by Crippen LogP contribution is 2.37. The number of hydrogen-bond acceptors (Lipinski definition) is 19. The number of halogens is 1. The number of ether oxygens (including phenoxy) is 3. The van der Waals surface area contributed by atoms with E-state index >= 15 is 0 Å². The Balaban J connectivity index is 0.00000143. The maximum Gasteiger partial charge on any atom is 0.307 e. The highest BCUT2D eigenvalue weighted by molar-refractivity contribution is 9.09. The number of rotatable bonds is 45. The fourth-order valence-corrected chi connectivity index (χ4v) is 13.3. The first-order valence-corrected chi connectivity index (χ1v) is 43.2. The van der Waals surface area contributed by atoms with Crippen LogP contribution in [0.25, 0.3) is 0 Å². The molecule has 3 aromatic carbocycles. The molecule has 21 nitrogen and oxygen atoms in total. The molecule has 4 N–H and O–H groups in total. The summed E-state index contributed by atoms with van der Waals surface area (Å²) in [5.41, 5.74) is 8.02. The van der Waals surface area contributed by atoms with Crippen molar-refractivity contribution in [3.63, 3.8) is 0 Å². The average molecular weight is 1460 g/mol. The zero-order valence-corrected chi connectivity index (χ0v) is 65.0. The number of nitrogens with zero attached hydrogens (tertiary/aromatic N) is 7. The normalized spacial score (nSPS) is 13.4. The number of carboxylic acids is 2. The first-order valence-electron chi connectivity index (χ1n) is 33.7. The number of carbonyl (C=O) groups excluding carboxylic acids is 3. The van der Waals surface area contributed by atoms with Gasteiger partial charge in [-0.05, 0) is 124 Å². The van der Waals surface area contributed by atoms with Crippen LogP contribution in [-0.4, -0.2) is 260 Å². The summed E-state index contributed by atoms with van der Waals surface area (Å²) >= 11 is 3.43. The van der Waals surface area contributed by atoms with Crippen molar-refractivity contribution in [1.29, 1.82) is 0 Å². The standard InChI is InChI=1S/C33H52N3O5P.C19H40N3O5P.C15H22BrNO2.C3H10NOP/c1-7-35(28(3)23-32(37)40-25-30-15-11-9-12-16-30)21-19-34(27-42(5,6)39)20-22-36(8-2)29(4)24-33(38)41-26-31-17-13-10-14-18-31;1-7-21(16(3)13-18(23)24)11-9-20(15-28(5,6)27)10-12-22(8-2)17(4)14-19(25)26;1-3-17(10-9-16)13(2)11-15(18)19-12-14-7-5-4-6-8-14;1-6(2,5)3-4/h9-18,28-29H,7-8,19-27H2,1-6H3;16-17H,7-15H2,1-6H3,(H,23,24)(H,25,26);4-8,13H,3,9-12H2,1-2H3;3-4H2,1-2H3/t;;13-;/m..1./s1. The van der Waals surface area contributed by atoms with Crippen LogP contribution in [0.4, 0.5) is 0 Å². The monoisotopic (exact) mass is 1460 g/mol. The number of alkyl halides is 1. The summed E-state index contributed by atoms with van der Waals surface area (Å²) in [7, 11) is -6.41. The van der Waals surface area contributed by atoms with Crippen molar-refractivity contribution in [2.45, 2.75) is 151 Å². The summed E-state index contributed by atoms with van der Waals surface area (Å²) in [6, 6.07) is 29.3. The lowest BCUT2D eigenvalue weighted by molar-refractivity contribution is -0.147. The lowest BCUT2D eigenvalue weighted by atomic mass is 10.2. The molecule has 0 heterocycles. The average Bonchev–Trinajstić information content (AvgIpc) is 1.36. The van der Waals surface area contributed by atoms with Crippen LogP contribution in [0.5, 0.6) is 0 Å². The number of hydrogen-bond donors (Lipinski definition) is 3. The summed E-state index contributed by atoms with van der Waals surface area (Å²) < 4.78 is 51.9. The Hall–Kier alpha value is -4.14. The molecule has 0 bridgehead atoms. The molecule has 0 aliphatic rings. The Labute approximate surface area is 581 Å². The van der Waals surface area contributed by atoms with Crippen LogP contribution >= 0.6 is 37.4 Å². The predicted octanol–water partition coefficient (Wildman–Crippen LogP) is 11.5. The fourth-order valence-electron chi connectivity index (χ4n) is 10.4. The molecule has 5 atom stereocenters. The van der Waals surface area contributed by atoms with E-state index in [2.05, 4.69) is 91.8 Å². The van der Waals surface area contributed by atoms with Gasteiger partial charge < -0.3 is 43.9 Å². The number of nitrogens with two attached hydrogens (primary N) is 1. The van der Waals surface area contributed by atoms with Crippen molar-refractivity contribution in [2.24, 2.45) is 5.73 Å². The van der Waals surface area contributed by atoms with Crippen LogP contribution in [0.2, 0.25) is 0 Å². The molecule has 0 amide bonds. The van der Waals surface area contributed by atoms with Gasteiger partial charge in [-0.3, -0.25) is 58.3 Å². The van der Waals surface area contributed by atoms with E-state index in [0.29, 0.717) is 70.9 Å². The van der Waals surface area contributed by atoms with Gasteiger partial charge in [-0.15, -0.1) is 0 Å². The van der Waals surface area contributed by atoms with E-state index < -0.39 is 33.4 Å². The van der Waals surface area contributed by atoms with Gasteiger partial charge in [0.1, 0.15) is 19.8 Å². The number of aliphatic carboxylic acids is 2. The van der Waals surface area contributed by atoms with Gasteiger partial charge >= 0.3 is 29.8 Å². The van der Waals surface area contributed by atoms with Gasteiger partial charge in [0.15, 0.2) is 0 Å². The lowest BCUT2D eigenvalue weighted by Crippen LogP contribution is -2.44. The molecule has 3 aromatic rings. The van der Waals surface area contributed by atoms with Gasteiger partial charge in [0.25, 0.3) is 0 Å². The molecule has 0 radical (unpaired) electrons. The van der Waals surface area contributed by atoms with Crippen molar-refractivity contribution in [2.75, 3.05) is 156 Å².